The van der Waals surface area contributed by atoms with Crippen molar-refractivity contribution in [2.75, 3.05) is 13.1 Å². The summed E-state index contributed by atoms with van der Waals surface area (Å²) >= 11 is -1.58. The molecular weight excluding hydrogens is 362 g/mol. The van der Waals surface area contributed by atoms with Crippen LogP contribution in [0.25, 0.3) is 0 Å². The predicted molar refractivity (Wildman–Crippen MR) is 95.8 cm³/mol. The summed E-state index contributed by atoms with van der Waals surface area (Å²) in [5, 5.41) is 9.18. The van der Waals surface area contributed by atoms with Crippen LogP contribution in [-0.4, -0.2) is 44.2 Å². The van der Waals surface area contributed by atoms with Crippen LogP contribution in [0.2, 0.25) is 0 Å². The van der Waals surface area contributed by atoms with Crippen LogP contribution in [0.3, 0.4) is 0 Å². The van der Waals surface area contributed by atoms with E-state index in [-0.39, 0.29) is 13.1 Å². The normalized spacial score (nSPS) is 21.9. The van der Waals surface area contributed by atoms with Crippen molar-refractivity contribution >= 4 is 23.2 Å². The molecule has 1 spiro atoms. The lowest BCUT2D eigenvalue weighted by atomic mass is 9.74. The molecule has 0 bridgehead atoms. The first-order chi connectivity index (χ1) is 12.0. The highest BCUT2D eigenvalue weighted by atomic mass is 32.2. The van der Waals surface area contributed by atoms with Crippen molar-refractivity contribution in [3.8, 4) is 0 Å². The van der Waals surface area contributed by atoms with Crippen molar-refractivity contribution < 1.29 is 23.2 Å². The highest BCUT2D eigenvalue weighted by Gasteiger charge is 2.49. The Morgan fingerprint density at radius 3 is 2.46 bits per heavy atom. The van der Waals surface area contributed by atoms with Gasteiger partial charge in [-0.25, -0.2) is 13.6 Å². The molecule has 1 atom stereocenters. The molecule has 1 fully saturated rings. The lowest BCUT2D eigenvalue weighted by molar-refractivity contribution is 0.114. The largest absolute Gasteiger partial charge is 0.591 e. The van der Waals surface area contributed by atoms with Gasteiger partial charge in [-0.1, -0.05) is 4.40 Å². The third-order valence-electron chi connectivity index (χ3n) is 5.12. The van der Waals surface area contributed by atoms with E-state index in [1.807, 2.05) is 0 Å². The zero-order valence-electron chi connectivity index (χ0n) is 15.0. The number of fused-ring (bicyclic) bond motifs is 1. The molecule has 1 heterocycles. The van der Waals surface area contributed by atoms with Gasteiger partial charge in [0.2, 0.25) is 0 Å². The van der Waals surface area contributed by atoms with Gasteiger partial charge < -0.3 is 14.6 Å². The first kappa shape index (κ1) is 19.1. The van der Waals surface area contributed by atoms with Crippen LogP contribution < -0.4 is 0 Å². The number of hydrogen-bond acceptors (Lipinski definition) is 3. The number of piperidine rings is 1. The molecule has 1 aliphatic heterocycles. The molecule has 0 saturated carbocycles. The number of carbonyl (C=O) groups is 1. The van der Waals surface area contributed by atoms with Crippen molar-refractivity contribution in [2.45, 2.75) is 44.8 Å². The first-order valence-electron chi connectivity index (χ1n) is 8.51. The maximum atomic E-state index is 14.4. The second-order valence-corrected chi connectivity index (χ2v) is 9.85. The van der Waals surface area contributed by atoms with E-state index in [1.54, 1.807) is 20.8 Å². The van der Waals surface area contributed by atoms with E-state index < -0.39 is 39.3 Å². The average Bonchev–Trinajstić information content (AvgIpc) is 2.81. The SMILES string of the molecule is CC(C)(C)[S@@+]([O-])/N=C1\c2cc(F)cc(F)c2CC12CCN(C(=O)O)CC2. The fourth-order valence-corrected chi connectivity index (χ4v) is 4.34. The average molecular weight is 384 g/mol. The first-order valence-corrected chi connectivity index (χ1v) is 9.61. The maximum Gasteiger partial charge on any atom is 0.407 e. The van der Waals surface area contributed by atoms with Crippen molar-refractivity contribution in [3.63, 3.8) is 0 Å². The number of likely N-dealkylation sites (tertiary alicyclic amines) is 1. The van der Waals surface area contributed by atoms with Crippen LogP contribution in [0.5, 0.6) is 0 Å². The molecule has 2 aliphatic rings. The molecule has 0 radical (unpaired) electrons. The van der Waals surface area contributed by atoms with Crippen molar-refractivity contribution in [2.24, 2.45) is 9.81 Å². The fourth-order valence-electron chi connectivity index (χ4n) is 3.61. The van der Waals surface area contributed by atoms with Crippen molar-refractivity contribution in [3.05, 3.63) is 34.9 Å². The Morgan fingerprint density at radius 1 is 1.31 bits per heavy atom. The van der Waals surface area contributed by atoms with Crippen LogP contribution in [0.15, 0.2) is 16.5 Å². The van der Waals surface area contributed by atoms with Gasteiger partial charge in [-0.2, -0.15) is 0 Å². The lowest BCUT2D eigenvalue weighted by Gasteiger charge is -2.38. The molecule has 1 aromatic carbocycles. The van der Waals surface area contributed by atoms with Crippen LogP contribution >= 0.6 is 0 Å². The van der Waals surface area contributed by atoms with E-state index in [9.17, 15) is 23.2 Å². The minimum atomic E-state index is -1.58. The molecule has 142 valence electrons. The van der Waals surface area contributed by atoms with Crippen LogP contribution in [0.1, 0.15) is 44.7 Å². The topological polar surface area (TPSA) is 76.0 Å². The summed E-state index contributed by atoms with van der Waals surface area (Å²) in [6, 6.07) is 2.10. The second-order valence-electron chi connectivity index (χ2n) is 7.94. The maximum absolute atomic E-state index is 14.4. The van der Waals surface area contributed by atoms with Crippen LogP contribution in [0, 0.1) is 17.0 Å². The molecular formula is C18H22F2N2O3S. The molecule has 3 rings (SSSR count). The lowest BCUT2D eigenvalue weighted by Crippen LogP contribution is -2.45. The Morgan fingerprint density at radius 2 is 1.92 bits per heavy atom. The van der Waals surface area contributed by atoms with Gasteiger partial charge in [-0.3, -0.25) is 0 Å². The second kappa shape index (κ2) is 6.49. The van der Waals surface area contributed by atoms with Gasteiger partial charge in [-0.05, 0) is 51.7 Å². The van der Waals surface area contributed by atoms with Gasteiger partial charge in [-0.15, -0.1) is 0 Å². The van der Waals surface area contributed by atoms with Gasteiger partial charge in [0, 0.05) is 30.1 Å². The van der Waals surface area contributed by atoms with Crippen molar-refractivity contribution in [1.29, 1.82) is 0 Å². The third kappa shape index (κ3) is 3.32. The Bertz CT molecular complexity index is 768. The standard InChI is InChI=1S/C18H22F2N2O3S/c1-17(2,3)26(25)21-15-12-8-11(19)9-14(20)13(12)10-18(15)4-6-22(7-5-18)16(23)24/h8-9H,4-7,10H2,1-3H3,(H,23,24)/b21-15+/t26-/m1/s1. The Kier molecular flexibility index (Phi) is 4.77. The van der Waals surface area contributed by atoms with Gasteiger partial charge >= 0.3 is 6.09 Å². The Hall–Kier alpha value is -1.67. The number of halogens is 2. The van der Waals surface area contributed by atoms with E-state index in [4.69, 9.17) is 0 Å². The van der Waals surface area contributed by atoms with E-state index >= 15 is 0 Å². The predicted octanol–water partition coefficient (Wildman–Crippen LogP) is 3.53. The van der Waals surface area contributed by atoms with Gasteiger partial charge in [0.25, 0.3) is 0 Å². The summed E-state index contributed by atoms with van der Waals surface area (Å²) in [5.74, 6) is -1.33. The van der Waals surface area contributed by atoms with E-state index in [1.165, 1.54) is 11.0 Å². The highest BCUT2D eigenvalue weighted by Crippen LogP contribution is 2.46. The monoisotopic (exact) mass is 384 g/mol. The molecule has 0 unspecified atom stereocenters. The zero-order valence-corrected chi connectivity index (χ0v) is 15.8. The molecule has 1 aliphatic carbocycles. The number of hydrogen-bond donors (Lipinski definition) is 1. The number of amides is 1. The van der Waals surface area contributed by atoms with Gasteiger partial charge in [0.05, 0.1) is 0 Å². The molecule has 1 amide bonds. The van der Waals surface area contributed by atoms with Gasteiger partial charge in [0.1, 0.15) is 33.5 Å². The smallest absolute Gasteiger partial charge is 0.407 e. The van der Waals surface area contributed by atoms with E-state index in [0.717, 1.165) is 6.07 Å². The summed E-state index contributed by atoms with van der Waals surface area (Å²) < 4.78 is 44.6. The molecule has 26 heavy (non-hydrogen) atoms. The third-order valence-corrected chi connectivity index (χ3v) is 6.52. The number of nitrogens with zero attached hydrogens (tertiary/aromatic N) is 2. The summed E-state index contributed by atoms with van der Waals surface area (Å²) in [7, 11) is 0. The van der Waals surface area contributed by atoms with E-state index in [2.05, 4.69) is 4.40 Å². The molecule has 0 aromatic heterocycles. The Balaban J connectivity index is 2.06. The fraction of sp³-hybridized carbons (Fsp3) is 0.556. The minimum Gasteiger partial charge on any atom is -0.591 e. The molecule has 1 saturated heterocycles. The van der Waals surface area contributed by atoms with Crippen LogP contribution in [0.4, 0.5) is 13.6 Å². The summed E-state index contributed by atoms with van der Waals surface area (Å²) in [6.07, 6.45) is 0.205. The van der Waals surface area contributed by atoms with Gasteiger partial charge in [0.15, 0.2) is 0 Å². The summed E-state index contributed by atoms with van der Waals surface area (Å²) in [5.41, 5.74) is 0.581. The van der Waals surface area contributed by atoms with Crippen molar-refractivity contribution in [1.82, 2.24) is 4.90 Å². The molecule has 1 aromatic rings. The molecule has 1 N–H and O–H groups in total. The summed E-state index contributed by atoms with van der Waals surface area (Å²) in [6.45, 7) is 5.93. The number of rotatable bonds is 1. The minimum absolute atomic E-state index is 0.286. The zero-order chi connectivity index (χ0) is 19.3. The Labute approximate surface area is 154 Å². The molecule has 5 nitrogen and oxygen atoms in total. The molecule has 8 heteroatoms. The number of carboxylic acid groups (broad SMARTS) is 1. The van der Waals surface area contributed by atoms with E-state index in [0.29, 0.717) is 36.1 Å². The number of benzene rings is 1. The van der Waals surface area contributed by atoms with Crippen LogP contribution in [-0.2, 0) is 17.8 Å². The quantitative estimate of drug-likeness (QED) is 0.753. The summed E-state index contributed by atoms with van der Waals surface area (Å²) in [4.78, 5) is 12.5. The highest BCUT2D eigenvalue weighted by molar-refractivity contribution is 7.91.